The number of amides is 1. The number of carbonyl (C=O) groups excluding carboxylic acids is 1. The highest BCUT2D eigenvalue weighted by Crippen LogP contribution is 2.46. The molecule has 2 aromatic carbocycles. The molecule has 8 heteroatoms. The van der Waals surface area contributed by atoms with Gasteiger partial charge >= 0.3 is 0 Å². The summed E-state index contributed by atoms with van der Waals surface area (Å²) in [6.45, 7) is 8.76. The molecule has 4 rings (SSSR count). The van der Waals surface area contributed by atoms with Crippen LogP contribution in [0.1, 0.15) is 59.1 Å². The number of aryl methyl sites for hydroxylation is 2. The topological polar surface area (TPSA) is 108 Å². The van der Waals surface area contributed by atoms with Crippen molar-refractivity contribution >= 4 is 5.91 Å². The maximum absolute atomic E-state index is 13.5. The van der Waals surface area contributed by atoms with Crippen molar-refractivity contribution in [1.82, 2.24) is 15.1 Å². The predicted octanol–water partition coefficient (Wildman–Crippen LogP) is 4.47. The van der Waals surface area contributed by atoms with Crippen molar-refractivity contribution in [1.29, 1.82) is 0 Å². The number of phenolic OH excluding ortho intramolecular Hbond substituents is 2. The minimum Gasteiger partial charge on any atom is -0.507 e. The Labute approximate surface area is 199 Å². The minimum absolute atomic E-state index is 0.0204. The highest BCUT2D eigenvalue weighted by Gasteiger charge is 2.42. The van der Waals surface area contributed by atoms with Gasteiger partial charge in [0.15, 0.2) is 11.5 Å². The number of H-pyrrole nitrogens is 1. The van der Waals surface area contributed by atoms with E-state index in [-0.39, 0.29) is 23.5 Å². The number of carbonyl (C=O) groups is 1. The number of hydrogen-bond donors (Lipinski definition) is 3. The van der Waals surface area contributed by atoms with Crippen LogP contribution in [0.2, 0.25) is 0 Å². The normalized spacial score (nSPS) is 15.3. The van der Waals surface area contributed by atoms with Crippen LogP contribution in [0.15, 0.2) is 30.3 Å². The van der Waals surface area contributed by atoms with Crippen molar-refractivity contribution in [2.75, 3.05) is 20.3 Å². The molecule has 2 heterocycles. The molecule has 3 N–H and O–H groups in total. The number of nitrogens with one attached hydrogen (secondary N) is 1. The van der Waals surface area contributed by atoms with Gasteiger partial charge in [-0.15, -0.1) is 0 Å². The SMILES string of the molecule is COc1cc(C2c3c(-c4cc(C)cc(C)c4O)n[nH]c3C(=O)N2CCCOC(C)C)ccc1O. The number of aromatic nitrogens is 2. The van der Waals surface area contributed by atoms with Crippen LogP contribution >= 0.6 is 0 Å². The maximum Gasteiger partial charge on any atom is 0.273 e. The summed E-state index contributed by atoms with van der Waals surface area (Å²) in [5.74, 6) is 0.310. The Kier molecular flexibility index (Phi) is 6.52. The number of aromatic hydroxyl groups is 2. The van der Waals surface area contributed by atoms with Crippen LogP contribution in [0, 0.1) is 13.8 Å². The van der Waals surface area contributed by atoms with E-state index in [9.17, 15) is 15.0 Å². The first-order valence-electron chi connectivity index (χ1n) is 11.4. The van der Waals surface area contributed by atoms with Crippen LogP contribution < -0.4 is 4.74 Å². The molecule has 0 bridgehead atoms. The quantitative estimate of drug-likeness (QED) is 0.424. The molecule has 1 aromatic heterocycles. The summed E-state index contributed by atoms with van der Waals surface area (Å²) in [4.78, 5) is 15.2. The monoisotopic (exact) mass is 465 g/mol. The molecule has 3 aromatic rings. The number of hydrogen-bond acceptors (Lipinski definition) is 6. The fourth-order valence-corrected chi connectivity index (χ4v) is 4.54. The molecular formula is C26H31N3O5. The highest BCUT2D eigenvalue weighted by atomic mass is 16.5. The number of nitrogens with zero attached hydrogens (tertiary/aromatic N) is 2. The molecule has 0 spiro atoms. The van der Waals surface area contributed by atoms with E-state index >= 15 is 0 Å². The lowest BCUT2D eigenvalue weighted by molar-refractivity contribution is 0.0601. The zero-order valence-corrected chi connectivity index (χ0v) is 20.2. The summed E-state index contributed by atoms with van der Waals surface area (Å²) in [7, 11) is 1.49. The smallest absolute Gasteiger partial charge is 0.273 e. The third kappa shape index (κ3) is 4.21. The summed E-state index contributed by atoms with van der Waals surface area (Å²) in [5, 5.41) is 28.3. The van der Waals surface area contributed by atoms with E-state index in [1.165, 1.54) is 7.11 Å². The fraction of sp³-hybridized carbons (Fsp3) is 0.385. The van der Waals surface area contributed by atoms with E-state index in [0.29, 0.717) is 47.8 Å². The predicted molar refractivity (Wildman–Crippen MR) is 128 cm³/mol. The Morgan fingerprint density at radius 3 is 2.65 bits per heavy atom. The van der Waals surface area contributed by atoms with E-state index in [0.717, 1.165) is 16.7 Å². The highest BCUT2D eigenvalue weighted by molar-refractivity contribution is 6.00. The molecule has 1 aliphatic rings. The third-order valence-corrected chi connectivity index (χ3v) is 6.08. The number of fused-ring (bicyclic) bond motifs is 1. The lowest BCUT2D eigenvalue weighted by Crippen LogP contribution is -2.31. The number of phenols is 2. The van der Waals surface area contributed by atoms with Crippen LogP contribution in [-0.4, -0.2) is 57.6 Å². The van der Waals surface area contributed by atoms with Gasteiger partial charge in [-0.05, 0) is 69.0 Å². The van der Waals surface area contributed by atoms with Gasteiger partial charge in [0, 0.05) is 24.3 Å². The number of benzene rings is 2. The Balaban J connectivity index is 1.82. The fourth-order valence-electron chi connectivity index (χ4n) is 4.54. The molecule has 180 valence electrons. The minimum atomic E-state index is -0.468. The average Bonchev–Trinajstić information content (AvgIpc) is 3.33. The third-order valence-electron chi connectivity index (χ3n) is 6.08. The summed E-state index contributed by atoms with van der Waals surface area (Å²) >= 11 is 0. The summed E-state index contributed by atoms with van der Waals surface area (Å²) in [5.41, 5.74) is 4.70. The first kappa shape index (κ1) is 23.6. The molecule has 1 unspecified atom stereocenters. The van der Waals surface area contributed by atoms with E-state index in [4.69, 9.17) is 9.47 Å². The standard InChI is InChI=1S/C26H31N3O5/c1-14(2)34-10-6-9-29-24(17-7-8-19(30)20(13-17)33-5)21-22(27-28-23(21)26(29)32)18-12-15(3)11-16(4)25(18)31/h7-8,11-14,24,30-31H,6,9-10H2,1-5H3,(H,27,28). The Morgan fingerprint density at radius 1 is 1.18 bits per heavy atom. The van der Waals surface area contributed by atoms with Gasteiger partial charge in [0.25, 0.3) is 5.91 Å². The largest absolute Gasteiger partial charge is 0.507 e. The Hall–Kier alpha value is -3.52. The first-order valence-corrected chi connectivity index (χ1v) is 11.4. The summed E-state index contributed by atoms with van der Waals surface area (Å²) in [6.07, 6.45) is 0.778. The van der Waals surface area contributed by atoms with E-state index in [2.05, 4.69) is 10.2 Å². The number of rotatable bonds is 8. The van der Waals surface area contributed by atoms with Gasteiger partial charge in [0.05, 0.1) is 19.3 Å². The zero-order chi connectivity index (χ0) is 24.6. The molecule has 1 atom stereocenters. The molecule has 0 fully saturated rings. The summed E-state index contributed by atoms with van der Waals surface area (Å²) in [6, 6.07) is 8.38. The van der Waals surface area contributed by atoms with Crippen LogP contribution in [0.5, 0.6) is 17.2 Å². The molecular weight excluding hydrogens is 434 g/mol. The van der Waals surface area contributed by atoms with Crippen molar-refractivity contribution in [2.24, 2.45) is 0 Å². The van der Waals surface area contributed by atoms with Gasteiger partial charge in [-0.3, -0.25) is 9.89 Å². The first-order chi connectivity index (χ1) is 16.2. The molecule has 0 saturated carbocycles. The lowest BCUT2D eigenvalue weighted by Gasteiger charge is -2.27. The van der Waals surface area contributed by atoms with Crippen LogP contribution in [0.3, 0.4) is 0 Å². The average molecular weight is 466 g/mol. The second-order valence-electron chi connectivity index (χ2n) is 8.94. The number of aromatic amines is 1. The lowest BCUT2D eigenvalue weighted by atomic mass is 9.94. The zero-order valence-electron chi connectivity index (χ0n) is 20.2. The van der Waals surface area contributed by atoms with Crippen molar-refractivity contribution in [2.45, 2.75) is 46.3 Å². The van der Waals surface area contributed by atoms with E-state index in [1.54, 1.807) is 23.1 Å². The van der Waals surface area contributed by atoms with Gasteiger partial charge in [-0.25, -0.2) is 0 Å². The molecule has 8 nitrogen and oxygen atoms in total. The van der Waals surface area contributed by atoms with Crippen molar-refractivity contribution in [3.63, 3.8) is 0 Å². The van der Waals surface area contributed by atoms with Gasteiger partial charge in [0.1, 0.15) is 17.1 Å². The molecule has 0 saturated heterocycles. The summed E-state index contributed by atoms with van der Waals surface area (Å²) < 4.78 is 11.0. The van der Waals surface area contributed by atoms with Crippen LogP contribution in [0.25, 0.3) is 11.3 Å². The van der Waals surface area contributed by atoms with Gasteiger partial charge in [-0.1, -0.05) is 12.1 Å². The van der Waals surface area contributed by atoms with Gasteiger partial charge in [0.2, 0.25) is 0 Å². The molecule has 1 amide bonds. The van der Waals surface area contributed by atoms with Gasteiger partial charge < -0.3 is 24.6 Å². The van der Waals surface area contributed by atoms with Crippen molar-refractivity contribution in [3.05, 3.63) is 58.3 Å². The van der Waals surface area contributed by atoms with Crippen LogP contribution in [-0.2, 0) is 4.74 Å². The van der Waals surface area contributed by atoms with Crippen molar-refractivity contribution in [3.8, 4) is 28.5 Å². The second-order valence-corrected chi connectivity index (χ2v) is 8.94. The maximum atomic E-state index is 13.5. The Morgan fingerprint density at radius 2 is 1.94 bits per heavy atom. The van der Waals surface area contributed by atoms with E-state index < -0.39 is 6.04 Å². The molecule has 34 heavy (non-hydrogen) atoms. The number of ether oxygens (including phenoxy) is 2. The van der Waals surface area contributed by atoms with Gasteiger partial charge in [-0.2, -0.15) is 5.10 Å². The van der Waals surface area contributed by atoms with Crippen molar-refractivity contribution < 1.29 is 24.5 Å². The molecule has 1 aliphatic heterocycles. The number of methoxy groups -OCH3 is 1. The Bertz CT molecular complexity index is 1220. The molecule has 0 radical (unpaired) electrons. The van der Waals surface area contributed by atoms with E-state index in [1.807, 2.05) is 39.8 Å². The molecule has 0 aliphatic carbocycles. The van der Waals surface area contributed by atoms with Crippen LogP contribution in [0.4, 0.5) is 0 Å². The second kappa shape index (κ2) is 9.38.